The number of hydrogen-bond acceptors (Lipinski definition) is 4. The Balaban J connectivity index is 1.40. The molecule has 160 valence electrons. The van der Waals surface area contributed by atoms with Crippen LogP contribution in [0.1, 0.15) is 48.0 Å². The van der Waals surface area contributed by atoms with Gasteiger partial charge in [-0.2, -0.15) is 0 Å². The quantitative estimate of drug-likeness (QED) is 0.472. The van der Waals surface area contributed by atoms with Crippen molar-refractivity contribution in [3.63, 3.8) is 0 Å². The summed E-state index contributed by atoms with van der Waals surface area (Å²) in [5, 5.41) is 5.91. The molecule has 0 radical (unpaired) electrons. The van der Waals surface area contributed by atoms with Gasteiger partial charge in [0.15, 0.2) is 0 Å². The second-order valence-electron chi connectivity index (χ2n) is 7.66. The van der Waals surface area contributed by atoms with Gasteiger partial charge in [0.25, 0.3) is 11.8 Å². The zero-order valence-corrected chi connectivity index (χ0v) is 18.4. The Kier molecular flexibility index (Phi) is 6.77. The normalized spacial score (nSPS) is 16.9. The second-order valence-corrected chi connectivity index (χ2v) is 8.75. The van der Waals surface area contributed by atoms with Crippen molar-refractivity contribution >= 4 is 35.3 Å². The van der Waals surface area contributed by atoms with E-state index in [0.29, 0.717) is 22.7 Å². The first-order valence-electron chi connectivity index (χ1n) is 10.6. The van der Waals surface area contributed by atoms with Crippen molar-refractivity contribution in [2.75, 3.05) is 19.0 Å². The molecule has 1 aliphatic heterocycles. The Bertz CT molecular complexity index is 1040. The van der Waals surface area contributed by atoms with Gasteiger partial charge in [-0.3, -0.25) is 9.59 Å². The van der Waals surface area contributed by atoms with Crippen LogP contribution in [0.3, 0.4) is 0 Å². The molecule has 0 fully saturated rings. The van der Waals surface area contributed by atoms with Crippen molar-refractivity contribution in [1.29, 1.82) is 0 Å². The SMILES string of the molecule is COc1ccc(C=C2Sc3ccc(C(=O)NCCC4=CCCCC4)cc3NC2=O)cc1. The zero-order chi connectivity index (χ0) is 21.6. The number of anilines is 1. The predicted octanol–water partition coefficient (Wildman–Crippen LogP) is 5.40. The minimum atomic E-state index is -0.171. The van der Waals surface area contributed by atoms with Gasteiger partial charge in [0.2, 0.25) is 0 Å². The van der Waals surface area contributed by atoms with E-state index < -0.39 is 0 Å². The summed E-state index contributed by atoms with van der Waals surface area (Å²) in [4.78, 5) is 26.6. The number of fused-ring (bicyclic) bond motifs is 1. The van der Waals surface area contributed by atoms with Crippen LogP contribution < -0.4 is 15.4 Å². The summed E-state index contributed by atoms with van der Waals surface area (Å²) in [6.45, 7) is 0.637. The van der Waals surface area contributed by atoms with Gasteiger partial charge in [-0.05, 0) is 74.1 Å². The molecule has 2 N–H and O–H groups in total. The van der Waals surface area contributed by atoms with E-state index >= 15 is 0 Å². The molecule has 2 aliphatic rings. The fraction of sp³-hybridized carbons (Fsp3) is 0.280. The Morgan fingerprint density at radius 2 is 2.03 bits per heavy atom. The van der Waals surface area contributed by atoms with E-state index in [1.165, 1.54) is 30.2 Å². The van der Waals surface area contributed by atoms with Gasteiger partial charge in [0, 0.05) is 17.0 Å². The highest BCUT2D eigenvalue weighted by molar-refractivity contribution is 8.04. The highest BCUT2D eigenvalue weighted by atomic mass is 32.2. The molecule has 0 unspecified atom stereocenters. The van der Waals surface area contributed by atoms with Crippen molar-refractivity contribution in [3.8, 4) is 5.75 Å². The number of benzene rings is 2. The maximum absolute atomic E-state index is 12.6. The number of nitrogens with one attached hydrogen (secondary N) is 2. The lowest BCUT2D eigenvalue weighted by atomic mass is 9.97. The van der Waals surface area contributed by atoms with Crippen molar-refractivity contribution in [3.05, 3.63) is 70.1 Å². The van der Waals surface area contributed by atoms with Gasteiger partial charge < -0.3 is 15.4 Å². The first-order chi connectivity index (χ1) is 15.1. The van der Waals surface area contributed by atoms with E-state index in [1.54, 1.807) is 13.2 Å². The summed E-state index contributed by atoms with van der Waals surface area (Å²) in [6, 6.07) is 13.0. The molecular formula is C25H26N2O3S. The fourth-order valence-electron chi connectivity index (χ4n) is 3.72. The van der Waals surface area contributed by atoms with Gasteiger partial charge in [0.1, 0.15) is 5.75 Å². The number of rotatable bonds is 6. The van der Waals surface area contributed by atoms with Crippen LogP contribution in [0.4, 0.5) is 5.69 Å². The third kappa shape index (κ3) is 5.39. The van der Waals surface area contributed by atoms with Crippen LogP contribution in [0.2, 0.25) is 0 Å². The summed E-state index contributed by atoms with van der Waals surface area (Å²) in [7, 11) is 1.62. The lowest BCUT2D eigenvalue weighted by Gasteiger charge is -2.19. The smallest absolute Gasteiger partial charge is 0.262 e. The lowest BCUT2D eigenvalue weighted by molar-refractivity contribution is -0.112. The Morgan fingerprint density at radius 3 is 2.77 bits per heavy atom. The summed E-state index contributed by atoms with van der Waals surface area (Å²) < 4.78 is 5.17. The van der Waals surface area contributed by atoms with Crippen molar-refractivity contribution in [1.82, 2.24) is 5.32 Å². The van der Waals surface area contributed by atoms with Crippen LogP contribution in [0.25, 0.3) is 6.08 Å². The molecule has 0 bridgehead atoms. The molecule has 2 aromatic carbocycles. The summed E-state index contributed by atoms with van der Waals surface area (Å²) in [6.07, 6.45) is 9.87. The number of methoxy groups -OCH3 is 1. The van der Waals surface area contributed by atoms with E-state index in [4.69, 9.17) is 4.74 Å². The van der Waals surface area contributed by atoms with Gasteiger partial charge in [-0.15, -0.1) is 0 Å². The minimum Gasteiger partial charge on any atom is -0.497 e. The molecule has 6 heteroatoms. The molecule has 0 spiro atoms. The molecule has 1 aliphatic carbocycles. The summed E-state index contributed by atoms with van der Waals surface area (Å²) in [5.74, 6) is 0.489. The standard InChI is InChI=1S/C25H26N2O3S/c1-30-20-10-7-18(8-11-20)15-23-25(29)27-21-16-19(9-12-22(21)31-23)24(28)26-14-13-17-5-3-2-4-6-17/h5,7-12,15-16H,2-4,6,13-14H2,1H3,(H,26,28)(H,27,29). The number of ether oxygens (including phenoxy) is 1. The average Bonchev–Trinajstić information content (AvgIpc) is 2.80. The number of thioether (sulfide) groups is 1. The van der Waals surface area contributed by atoms with Crippen LogP contribution >= 0.6 is 11.8 Å². The molecule has 0 saturated heterocycles. The highest BCUT2D eigenvalue weighted by Crippen LogP contribution is 2.39. The van der Waals surface area contributed by atoms with Crippen LogP contribution in [0.15, 0.2) is 63.9 Å². The largest absolute Gasteiger partial charge is 0.497 e. The molecule has 2 aromatic rings. The number of hydrogen-bond donors (Lipinski definition) is 2. The lowest BCUT2D eigenvalue weighted by Crippen LogP contribution is -2.25. The van der Waals surface area contributed by atoms with Crippen LogP contribution in [-0.4, -0.2) is 25.5 Å². The van der Waals surface area contributed by atoms with Crippen molar-refractivity contribution < 1.29 is 14.3 Å². The Morgan fingerprint density at radius 1 is 1.19 bits per heavy atom. The van der Waals surface area contributed by atoms with Crippen LogP contribution in [-0.2, 0) is 4.79 Å². The fourth-order valence-corrected chi connectivity index (χ4v) is 4.66. The molecule has 0 aromatic heterocycles. The predicted molar refractivity (Wildman–Crippen MR) is 125 cm³/mol. The first kappa shape index (κ1) is 21.2. The van der Waals surface area contributed by atoms with Crippen molar-refractivity contribution in [2.24, 2.45) is 0 Å². The van der Waals surface area contributed by atoms with E-state index in [1.807, 2.05) is 42.5 Å². The highest BCUT2D eigenvalue weighted by Gasteiger charge is 2.22. The Labute approximate surface area is 187 Å². The van der Waals surface area contributed by atoms with Gasteiger partial charge >= 0.3 is 0 Å². The number of carbonyl (C=O) groups is 2. The molecule has 1 heterocycles. The average molecular weight is 435 g/mol. The van der Waals surface area contributed by atoms with Crippen LogP contribution in [0, 0.1) is 0 Å². The van der Waals surface area contributed by atoms with Crippen molar-refractivity contribution in [2.45, 2.75) is 37.0 Å². The van der Waals surface area contributed by atoms with E-state index in [0.717, 1.165) is 35.5 Å². The third-order valence-corrected chi connectivity index (χ3v) is 6.56. The Hall–Kier alpha value is -2.99. The molecule has 5 nitrogen and oxygen atoms in total. The number of carbonyl (C=O) groups excluding carboxylic acids is 2. The van der Waals surface area contributed by atoms with Gasteiger partial charge in [0.05, 0.1) is 17.7 Å². The van der Waals surface area contributed by atoms with E-state index in [-0.39, 0.29) is 11.8 Å². The van der Waals surface area contributed by atoms with Gasteiger partial charge in [-0.25, -0.2) is 0 Å². The molecule has 0 saturated carbocycles. The second kappa shape index (κ2) is 9.88. The summed E-state index contributed by atoms with van der Waals surface area (Å²) >= 11 is 1.41. The maximum Gasteiger partial charge on any atom is 0.262 e. The topological polar surface area (TPSA) is 67.4 Å². The molecule has 4 rings (SSSR count). The first-order valence-corrected chi connectivity index (χ1v) is 11.4. The zero-order valence-electron chi connectivity index (χ0n) is 17.6. The van der Waals surface area contributed by atoms with Gasteiger partial charge in [-0.1, -0.05) is 35.5 Å². The molecule has 0 atom stereocenters. The maximum atomic E-state index is 12.6. The molecule has 2 amide bonds. The van der Waals surface area contributed by atoms with E-state index in [2.05, 4.69) is 16.7 Å². The number of allylic oxidation sites excluding steroid dienone is 1. The third-order valence-electron chi connectivity index (χ3n) is 5.46. The minimum absolute atomic E-state index is 0.113. The van der Waals surface area contributed by atoms with E-state index in [9.17, 15) is 9.59 Å². The number of amides is 2. The monoisotopic (exact) mass is 434 g/mol. The van der Waals surface area contributed by atoms with Crippen LogP contribution in [0.5, 0.6) is 5.75 Å². The molecular weight excluding hydrogens is 408 g/mol. The summed E-state index contributed by atoms with van der Waals surface area (Å²) in [5.41, 5.74) is 3.59. The molecule has 31 heavy (non-hydrogen) atoms.